The first kappa shape index (κ1) is 21.0. The lowest BCUT2D eigenvalue weighted by molar-refractivity contribution is -0.122. The summed E-state index contributed by atoms with van der Waals surface area (Å²) in [6, 6.07) is 13.5. The fourth-order valence-corrected chi connectivity index (χ4v) is 3.94. The number of amides is 1. The van der Waals surface area contributed by atoms with E-state index in [-0.39, 0.29) is 5.91 Å². The van der Waals surface area contributed by atoms with Gasteiger partial charge in [0.25, 0.3) is 5.91 Å². The van der Waals surface area contributed by atoms with E-state index in [0.717, 1.165) is 24.1 Å². The van der Waals surface area contributed by atoms with Crippen molar-refractivity contribution < 1.29 is 14.3 Å². The number of rotatable bonds is 7. The zero-order valence-corrected chi connectivity index (χ0v) is 18.1. The molecular formula is C23H26N2O3S. The van der Waals surface area contributed by atoms with Crippen LogP contribution in [0.25, 0.3) is 6.08 Å². The van der Waals surface area contributed by atoms with Gasteiger partial charge >= 0.3 is 0 Å². The number of ether oxygens (including phenoxy) is 2. The SMILES string of the molecule is CCCCN1C(=O)/C(=C\c2cc(OC)ccc2OC)SC1=Nc1ccc(C)cc1. The second-order valence-electron chi connectivity index (χ2n) is 6.76. The van der Waals surface area contributed by atoms with E-state index >= 15 is 0 Å². The van der Waals surface area contributed by atoms with E-state index in [1.165, 1.54) is 17.3 Å². The molecule has 6 heteroatoms. The highest BCUT2D eigenvalue weighted by molar-refractivity contribution is 8.18. The fourth-order valence-electron chi connectivity index (χ4n) is 2.93. The third kappa shape index (κ3) is 5.01. The van der Waals surface area contributed by atoms with E-state index in [2.05, 4.69) is 6.92 Å². The predicted octanol–water partition coefficient (Wildman–Crippen LogP) is 5.42. The van der Waals surface area contributed by atoms with Gasteiger partial charge in [0.05, 0.1) is 24.8 Å². The standard InChI is InChI=1S/C23H26N2O3S/c1-5-6-13-25-22(26)21(15-17-14-19(27-3)11-12-20(17)28-4)29-23(25)24-18-9-7-16(2)8-10-18/h7-12,14-15H,5-6,13H2,1-4H3/b21-15+,24-23?. The van der Waals surface area contributed by atoms with Crippen molar-refractivity contribution in [3.8, 4) is 11.5 Å². The van der Waals surface area contributed by atoms with Crippen LogP contribution in [0.2, 0.25) is 0 Å². The molecule has 152 valence electrons. The Morgan fingerprint density at radius 1 is 1.10 bits per heavy atom. The van der Waals surface area contributed by atoms with Crippen molar-refractivity contribution in [2.24, 2.45) is 4.99 Å². The highest BCUT2D eigenvalue weighted by atomic mass is 32.2. The number of benzene rings is 2. The molecule has 0 aliphatic carbocycles. The van der Waals surface area contributed by atoms with Crippen LogP contribution in [0.5, 0.6) is 11.5 Å². The van der Waals surface area contributed by atoms with Crippen molar-refractivity contribution in [3.05, 3.63) is 58.5 Å². The van der Waals surface area contributed by atoms with E-state index in [4.69, 9.17) is 14.5 Å². The van der Waals surface area contributed by atoms with Crippen LogP contribution in [0.3, 0.4) is 0 Å². The van der Waals surface area contributed by atoms with Crippen molar-refractivity contribution in [1.29, 1.82) is 0 Å². The molecule has 1 heterocycles. The lowest BCUT2D eigenvalue weighted by Crippen LogP contribution is -2.30. The van der Waals surface area contributed by atoms with Gasteiger partial charge in [0.2, 0.25) is 0 Å². The number of aliphatic imine (C=N–C) groups is 1. The summed E-state index contributed by atoms with van der Waals surface area (Å²) in [6.45, 7) is 4.81. The van der Waals surface area contributed by atoms with Crippen LogP contribution in [0, 0.1) is 6.92 Å². The number of aryl methyl sites for hydroxylation is 1. The Labute approximate surface area is 176 Å². The van der Waals surface area contributed by atoms with E-state index in [1.807, 2.05) is 55.5 Å². The molecule has 0 saturated carbocycles. The first-order valence-corrected chi connectivity index (χ1v) is 10.5. The Morgan fingerprint density at radius 3 is 2.52 bits per heavy atom. The Morgan fingerprint density at radius 2 is 1.86 bits per heavy atom. The highest BCUT2D eigenvalue weighted by Crippen LogP contribution is 2.36. The van der Waals surface area contributed by atoms with E-state index in [1.54, 1.807) is 19.1 Å². The molecule has 0 radical (unpaired) electrons. The van der Waals surface area contributed by atoms with Crippen molar-refractivity contribution in [2.75, 3.05) is 20.8 Å². The maximum absolute atomic E-state index is 13.1. The van der Waals surface area contributed by atoms with Gasteiger partial charge in [-0.05, 0) is 61.5 Å². The number of amidine groups is 1. The molecule has 1 aliphatic heterocycles. The fraction of sp³-hybridized carbons (Fsp3) is 0.304. The molecule has 1 saturated heterocycles. The van der Waals surface area contributed by atoms with Gasteiger partial charge in [-0.1, -0.05) is 31.0 Å². The topological polar surface area (TPSA) is 51.1 Å². The van der Waals surface area contributed by atoms with Crippen LogP contribution in [0.15, 0.2) is 52.4 Å². The summed E-state index contributed by atoms with van der Waals surface area (Å²) in [7, 11) is 3.23. The average Bonchev–Trinajstić information content (AvgIpc) is 3.02. The normalized spacial score (nSPS) is 16.7. The van der Waals surface area contributed by atoms with Crippen LogP contribution in [-0.2, 0) is 4.79 Å². The van der Waals surface area contributed by atoms with E-state index in [0.29, 0.717) is 28.1 Å². The highest BCUT2D eigenvalue weighted by Gasteiger charge is 2.33. The molecule has 1 amide bonds. The molecular weight excluding hydrogens is 384 g/mol. The van der Waals surface area contributed by atoms with Crippen LogP contribution in [-0.4, -0.2) is 36.7 Å². The Kier molecular flexibility index (Phi) is 6.99. The number of methoxy groups -OCH3 is 2. The molecule has 1 aliphatic rings. The van der Waals surface area contributed by atoms with E-state index in [9.17, 15) is 4.79 Å². The summed E-state index contributed by atoms with van der Waals surface area (Å²) in [4.78, 5) is 20.2. The first-order valence-electron chi connectivity index (χ1n) is 9.64. The molecule has 0 aromatic heterocycles. The summed E-state index contributed by atoms with van der Waals surface area (Å²) >= 11 is 1.39. The van der Waals surface area contributed by atoms with Crippen LogP contribution in [0.1, 0.15) is 30.9 Å². The lowest BCUT2D eigenvalue weighted by Gasteiger charge is -2.14. The maximum Gasteiger partial charge on any atom is 0.266 e. The minimum Gasteiger partial charge on any atom is -0.497 e. The van der Waals surface area contributed by atoms with Crippen LogP contribution < -0.4 is 9.47 Å². The van der Waals surface area contributed by atoms with Gasteiger partial charge in [-0.15, -0.1) is 0 Å². The van der Waals surface area contributed by atoms with Gasteiger partial charge in [-0.2, -0.15) is 0 Å². The number of carbonyl (C=O) groups is 1. The van der Waals surface area contributed by atoms with Crippen molar-refractivity contribution in [3.63, 3.8) is 0 Å². The monoisotopic (exact) mass is 410 g/mol. The van der Waals surface area contributed by atoms with Gasteiger partial charge in [0, 0.05) is 12.1 Å². The number of nitrogens with zero attached hydrogens (tertiary/aromatic N) is 2. The summed E-state index contributed by atoms with van der Waals surface area (Å²) < 4.78 is 10.8. The molecule has 29 heavy (non-hydrogen) atoms. The number of hydrogen-bond acceptors (Lipinski definition) is 5. The van der Waals surface area contributed by atoms with Crippen molar-refractivity contribution >= 4 is 34.6 Å². The third-order valence-electron chi connectivity index (χ3n) is 4.61. The van der Waals surface area contributed by atoms with Gasteiger partial charge < -0.3 is 9.47 Å². The Bertz CT molecular complexity index is 936. The van der Waals surface area contributed by atoms with Gasteiger partial charge in [-0.25, -0.2) is 4.99 Å². The molecule has 5 nitrogen and oxygen atoms in total. The maximum atomic E-state index is 13.1. The lowest BCUT2D eigenvalue weighted by atomic mass is 10.1. The number of unbranched alkanes of at least 4 members (excludes halogenated alkanes) is 1. The molecule has 0 atom stereocenters. The summed E-state index contributed by atoms with van der Waals surface area (Å²) in [5, 5.41) is 0.709. The van der Waals surface area contributed by atoms with Gasteiger partial charge in [0.1, 0.15) is 11.5 Å². The Balaban J connectivity index is 1.97. The number of carbonyl (C=O) groups excluding carboxylic acids is 1. The molecule has 0 N–H and O–H groups in total. The zero-order chi connectivity index (χ0) is 20.8. The third-order valence-corrected chi connectivity index (χ3v) is 5.61. The first-order chi connectivity index (χ1) is 14.0. The number of hydrogen-bond donors (Lipinski definition) is 0. The molecule has 3 rings (SSSR count). The zero-order valence-electron chi connectivity index (χ0n) is 17.3. The molecule has 1 fully saturated rings. The smallest absolute Gasteiger partial charge is 0.266 e. The summed E-state index contributed by atoms with van der Waals surface area (Å²) in [5.41, 5.74) is 2.82. The molecule has 2 aromatic carbocycles. The quantitative estimate of drug-likeness (QED) is 0.572. The molecule has 0 spiro atoms. The minimum atomic E-state index is -0.0285. The predicted molar refractivity (Wildman–Crippen MR) is 120 cm³/mol. The molecule has 2 aromatic rings. The Hall–Kier alpha value is -2.73. The second-order valence-corrected chi connectivity index (χ2v) is 7.77. The van der Waals surface area contributed by atoms with Gasteiger partial charge in [-0.3, -0.25) is 9.69 Å². The van der Waals surface area contributed by atoms with Crippen molar-refractivity contribution in [1.82, 2.24) is 4.90 Å². The summed E-state index contributed by atoms with van der Waals surface area (Å²) in [6.07, 6.45) is 3.79. The molecule has 0 unspecified atom stereocenters. The second kappa shape index (κ2) is 9.65. The number of thioether (sulfide) groups is 1. The van der Waals surface area contributed by atoms with Crippen molar-refractivity contribution in [2.45, 2.75) is 26.7 Å². The van der Waals surface area contributed by atoms with Crippen LogP contribution >= 0.6 is 11.8 Å². The van der Waals surface area contributed by atoms with Gasteiger partial charge in [0.15, 0.2) is 5.17 Å². The molecule has 0 bridgehead atoms. The largest absolute Gasteiger partial charge is 0.497 e. The minimum absolute atomic E-state index is 0.0285. The summed E-state index contributed by atoms with van der Waals surface area (Å²) in [5.74, 6) is 1.37. The van der Waals surface area contributed by atoms with E-state index < -0.39 is 0 Å². The average molecular weight is 411 g/mol. The van der Waals surface area contributed by atoms with Crippen LogP contribution in [0.4, 0.5) is 5.69 Å².